The maximum Gasteiger partial charge on any atom is 0.319 e. The molecule has 0 bridgehead atoms. The van der Waals surface area contributed by atoms with Crippen molar-refractivity contribution in [3.63, 3.8) is 0 Å². The molecule has 2 N–H and O–H groups in total. The Labute approximate surface area is 148 Å². The monoisotopic (exact) mass is 346 g/mol. The van der Waals surface area contributed by atoms with Gasteiger partial charge < -0.3 is 20.4 Å². The highest BCUT2D eigenvalue weighted by molar-refractivity contribution is 5.90. The highest BCUT2D eigenvalue weighted by Gasteiger charge is 2.29. The number of amides is 4. The lowest BCUT2D eigenvalue weighted by Gasteiger charge is -2.15. The van der Waals surface area contributed by atoms with Gasteiger partial charge in [-0.15, -0.1) is 0 Å². The quantitative estimate of drug-likeness (QED) is 0.818. The lowest BCUT2D eigenvalue weighted by Crippen LogP contribution is -2.39. The van der Waals surface area contributed by atoms with Gasteiger partial charge in [-0.25, -0.2) is 4.79 Å². The van der Waals surface area contributed by atoms with Gasteiger partial charge in [-0.2, -0.15) is 0 Å². The Hall–Kier alpha value is -2.57. The van der Waals surface area contributed by atoms with E-state index in [9.17, 15) is 14.4 Å². The van der Waals surface area contributed by atoms with Gasteiger partial charge in [-0.3, -0.25) is 9.59 Å². The number of aryl methyl sites for hydroxylation is 1. The molecule has 1 aliphatic heterocycles. The highest BCUT2D eigenvalue weighted by atomic mass is 16.2. The molecule has 2 rings (SSSR count). The Morgan fingerprint density at radius 1 is 1.32 bits per heavy atom. The van der Waals surface area contributed by atoms with E-state index in [-0.39, 0.29) is 23.9 Å². The minimum Gasteiger partial charge on any atom is -0.349 e. The summed E-state index contributed by atoms with van der Waals surface area (Å²) in [5.41, 5.74) is 1.66. The van der Waals surface area contributed by atoms with Crippen molar-refractivity contribution in [1.82, 2.24) is 15.1 Å². The standard InChI is InChI=1S/C18H26N4O3/c1-4-22-12-15(11-17(22)24)20-18(25)19-14-7-5-6-13(10-14)8-9-16(23)21(2)3/h5-7,10,15H,4,8-9,11-12H2,1-3H3,(H2,19,20,25)/t15-/m1/s1. The molecule has 136 valence electrons. The third-order valence-corrected chi connectivity index (χ3v) is 4.24. The summed E-state index contributed by atoms with van der Waals surface area (Å²) < 4.78 is 0. The van der Waals surface area contributed by atoms with Crippen molar-refractivity contribution in [3.8, 4) is 0 Å². The van der Waals surface area contributed by atoms with E-state index in [1.807, 2.05) is 25.1 Å². The van der Waals surface area contributed by atoms with E-state index < -0.39 is 0 Å². The van der Waals surface area contributed by atoms with Crippen LogP contribution in [0.1, 0.15) is 25.3 Å². The van der Waals surface area contributed by atoms with Crippen molar-refractivity contribution >= 4 is 23.5 Å². The summed E-state index contributed by atoms with van der Waals surface area (Å²) in [7, 11) is 3.47. The number of rotatable bonds is 6. The number of anilines is 1. The Bertz CT molecular complexity index is 645. The molecule has 0 radical (unpaired) electrons. The summed E-state index contributed by atoms with van der Waals surface area (Å²) in [5.74, 6) is 0.142. The molecule has 0 spiro atoms. The third kappa shape index (κ3) is 5.48. The van der Waals surface area contributed by atoms with Crippen molar-refractivity contribution in [3.05, 3.63) is 29.8 Å². The van der Waals surface area contributed by atoms with Gasteiger partial charge >= 0.3 is 6.03 Å². The lowest BCUT2D eigenvalue weighted by atomic mass is 10.1. The van der Waals surface area contributed by atoms with Crippen molar-refractivity contribution < 1.29 is 14.4 Å². The maximum absolute atomic E-state index is 12.1. The van der Waals surface area contributed by atoms with E-state index in [0.29, 0.717) is 38.0 Å². The molecule has 1 fully saturated rings. The molecule has 25 heavy (non-hydrogen) atoms. The molecule has 1 saturated heterocycles. The predicted octanol–water partition coefficient (Wildman–Crippen LogP) is 1.45. The van der Waals surface area contributed by atoms with Crippen LogP contribution in [0.3, 0.4) is 0 Å². The molecule has 7 heteroatoms. The van der Waals surface area contributed by atoms with Crippen LogP contribution in [0, 0.1) is 0 Å². The number of likely N-dealkylation sites (N-methyl/N-ethyl adjacent to an activating group) is 1. The first-order valence-electron chi connectivity index (χ1n) is 8.53. The van der Waals surface area contributed by atoms with Crippen molar-refractivity contribution in [2.45, 2.75) is 32.2 Å². The fourth-order valence-electron chi connectivity index (χ4n) is 2.81. The molecule has 1 aromatic rings. The number of nitrogens with zero attached hydrogens (tertiary/aromatic N) is 2. The second kappa shape index (κ2) is 8.50. The molecular formula is C18H26N4O3. The minimum atomic E-state index is -0.322. The number of nitrogens with one attached hydrogen (secondary N) is 2. The molecule has 1 heterocycles. The van der Waals surface area contributed by atoms with E-state index in [0.717, 1.165) is 5.56 Å². The summed E-state index contributed by atoms with van der Waals surface area (Å²) in [4.78, 5) is 38.8. The number of benzene rings is 1. The highest BCUT2D eigenvalue weighted by Crippen LogP contribution is 2.14. The van der Waals surface area contributed by atoms with Crippen LogP contribution in [0.4, 0.5) is 10.5 Å². The van der Waals surface area contributed by atoms with Crippen molar-refractivity contribution in [1.29, 1.82) is 0 Å². The number of carbonyl (C=O) groups excluding carboxylic acids is 3. The molecule has 1 aromatic carbocycles. The zero-order chi connectivity index (χ0) is 18.4. The first-order valence-corrected chi connectivity index (χ1v) is 8.53. The Kier molecular flexibility index (Phi) is 6.38. The molecular weight excluding hydrogens is 320 g/mol. The van der Waals surface area contributed by atoms with Crippen LogP contribution >= 0.6 is 0 Å². The van der Waals surface area contributed by atoms with Gasteiger partial charge in [0.1, 0.15) is 0 Å². The SMILES string of the molecule is CCN1C[C@H](NC(=O)Nc2cccc(CCC(=O)N(C)C)c2)CC1=O. The molecule has 7 nitrogen and oxygen atoms in total. The molecule has 0 unspecified atom stereocenters. The summed E-state index contributed by atoms with van der Waals surface area (Å²) in [6, 6.07) is 6.96. The topological polar surface area (TPSA) is 81.8 Å². The van der Waals surface area contributed by atoms with Gasteiger partial charge in [-0.1, -0.05) is 12.1 Å². The van der Waals surface area contributed by atoms with Gasteiger partial charge in [0.25, 0.3) is 0 Å². The van der Waals surface area contributed by atoms with Gasteiger partial charge in [0.15, 0.2) is 0 Å². The zero-order valence-electron chi connectivity index (χ0n) is 15.0. The predicted molar refractivity (Wildman–Crippen MR) is 96.3 cm³/mol. The fraction of sp³-hybridized carbons (Fsp3) is 0.500. The minimum absolute atomic E-state index is 0.0698. The fourth-order valence-corrected chi connectivity index (χ4v) is 2.81. The Balaban J connectivity index is 1.86. The van der Waals surface area contributed by atoms with E-state index in [1.54, 1.807) is 30.0 Å². The van der Waals surface area contributed by atoms with Crippen LogP contribution in [0.25, 0.3) is 0 Å². The van der Waals surface area contributed by atoms with Crippen LogP contribution in [0.15, 0.2) is 24.3 Å². The van der Waals surface area contributed by atoms with Gasteiger partial charge in [-0.05, 0) is 31.0 Å². The van der Waals surface area contributed by atoms with Crippen LogP contribution < -0.4 is 10.6 Å². The smallest absolute Gasteiger partial charge is 0.319 e. The third-order valence-electron chi connectivity index (χ3n) is 4.24. The van der Waals surface area contributed by atoms with Crippen LogP contribution in [0.2, 0.25) is 0 Å². The molecule has 0 aromatic heterocycles. The zero-order valence-corrected chi connectivity index (χ0v) is 15.0. The first kappa shape index (κ1) is 18.8. The number of likely N-dealkylation sites (tertiary alicyclic amines) is 1. The van der Waals surface area contributed by atoms with E-state index in [4.69, 9.17) is 0 Å². The largest absolute Gasteiger partial charge is 0.349 e. The summed E-state index contributed by atoms with van der Waals surface area (Å²) in [5, 5.41) is 5.63. The maximum atomic E-state index is 12.1. The molecule has 0 aliphatic carbocycles. The van der Waals surface area contributed by atoms with Crippen molar-refractivity contribution in [2.75, 3.05) is 32.5 Å². The van der Waals surface area contributed by atoms with Gasteiger partial charge in [0.2, 0.25) is 11.8 Å². The van der Waals surface area contributed by atoms with Crippen molar-refractivity contribution in [2.24, 2.45) is 0 Å². The molecule has 0 saturated carbocycles. The number of urea groups is 1. The van der Waals surface area contributed by atoms with E-state index in [1.165, 1.54) is 0 Å². The lowest BCUT2D eigenvalue weighted by molar-refractivity contribution is -0.129. The van der Waals surface area contributed by atoms with Gasteiger partial charge in [0, 0.05) is 45.7 Å². The van der Waals surface area contributed by atoms with Crippen LogP contribution in [-0.2, 0) is 16.0 Å². The second-order valence-electron chi connectivity index (χ2n) is 6.42. The molecule has 1 atom stereocenters. The van der Waals surface area contributed by atoms with E-state index >= 15 is 0 Å². The Morgan fingerprint density at radius 3 is 2.72 bits per heavy atom. The number of hydrogen-bond acceptors (Lipinski definition) is 3. The summed E-state index contributed by atoms with van der Waals surface area (Å²) >= 11 is 0. The second-order valence-corrected chi connectivity index (χ2v) is 6.42. The van der Waals surface area contributed by atoms with Crippen LogP contribution in [-0.4, -0.2) is 60.9 Å². The first-order chi connectivity index (χ1) is 11.9. The average Bonchev–Trinajstić information content (AvgIpc) is 2.92. The number of carbonyl (C=O) groups is 3. The van der Waals surface area contributed by atoms with E-state index in [2.05, 4.69) is 10.6 Å². The van der Waals surface area contributed by atoms with Crippen LogP contribution in [0.5, 0.6) is 0 Å². The summed E-state index contributed by atoms with van der Waals surface area (Å²) in [6.45, 7) is 3.13. The Morgan fingerprint density at radius 2 is 2.08 bits per heavy atom. The number of hydrogen-bond donors (Lipinski definition) is 2. The van der Waals surface area contributed by atoms with Gasteiger partial charge in [0.05, 0.1) is 6.04 Å². The normalized spacial score (nSPS) is 16.7. The summed E-state index contributed by atoms with van der Waals surface area (Å²) in [6.07, 6.45) is 1.39. The average molecular weight is 346 g/mol. The molecule has 1 aliphatic rings. The molecule has 4 amide bonds.